The molecule has 29 heavy (non-hydrogen) atoms. The first-order chi connectivity index (χ1) is 14.0. The number of hydrogen-bond acceptors (Lipinski definition) is 5. The number of rotatable bonds is 7. The molecule has 0 saturated heterocycles. The quantitative estimate of drug-likeness (QED) is 0.606. The fraction of sp³-hybridized carbons (Fsp3) is 0.217. The summed E-state index contributed by atoms with van der Waals surface area (Å²) in [5.74, 6) is 0.793. The van der Waals surface area contributed by atoms with Gasteiger partial charge in [0.2, 0.25) is 0 Å². The summed E-state index contributed by atoms with van der Waals surface area (Å²) >= 11 is 0. The van der Waals surface area contributed by atoms with Crippen LogP contribution in [-0.4, -0.2) is 34.7 Å². The van der Waals surface area contributed by atoms with E-state index in [0.29, 0.717) is 22.9 Å². The van der Waals surface area contributed by atoms with E-state index in [1.54, 1.807) is 30.3 Å². The van der Waals surface area contributed by atoms with E-state index in [4.69, 9.17) is 0 Å². The number of aromatic nitrogens is 2. The van der Waals surface area contributed by atoms with Gasteiger partial charge >= 0.3 is 0 Å². The van der Waals surface area contributed by atoms with Crippen LogP contribution in [0, 0.1) is 0 Å². The van der Waals surface area contributed by atoms with Crippen LogP contribution in [-0.2, 0) is 0 Å². The standard InChI is InChI=1S/C23H24N4O2/c1-4-27(5-2)21-15-20(25-22(26-21)17-10-7-6-8-11-17)23(29)24-19-13-9-12-18(14-19)16(3)28/h6-15H,4-5H2,1-3H3,(H,24,29). The maximum atomic E-state index is 12.9. The van der Waals surface area contributed by atoms with E-state index in [-0.39, 0.29) is 17.4 Å². The number of nitrogens with zero attached hydrogens (tertiary/aromatic N) is 3. The van der Waals surface area contributed by atoms with Gasteiger partial charge in [-0.3, -0.25) is 9.59 Å². The number of carbonyl (C=O) groups is 2. The number of Topliss-reactive ketones (excluding diaryl/α,β-unsaturated/α-hetero) is 1. The molecule has 2 aromatic carbocycles. The molecule has 0 aliphatic carbocycles. The Hall–Kier alpha value is -3.54. The van der Waals surface area contributed by atoms with Crippen molar-refractivity contribution in [2.24, 2.45) is 0 Å². The minimum absolute atomic E-state index is 0.0571. The molecular weight excluding hydrogens is 364 g/mol. The summed E-state index contributed by atoms with van der Waals surface area (Å²) in [5.41, 5.74) is 2.20. The summed E-state index contributed by atoms with van der Waals surface area (Å²) < 4.78 is 0. The molecule has 0 fully saturated rings. The van der Waals surface area contributed by atoms with Crippen LogP contribution in [0.15, 0.2) is 60.7 Å². The van der Waals surface area contributed by atoms with Crippen molar-refractivity contribution in [1.82, 2.24) is 9.97 Å². The fourth-order valence-electron chi connectivity index (χ4n) is 2.99. The minimum atomic E-state index is -0.348. The molecule has 148 valence electrons. The third-order valence-corrected chi connectivity index (χ3v) is 4.59. The summed E-state index contributed by atoms with van der Waals surface area (Å²) in [5, 5.41) is 2.83. The van der Waals surface area contributed by atoms with Gasteiger partial charge < -0.3 is 10.2 Å². The summed E-state index contributed by atoms with van der Waals surface area (Å²) in [6.45, 7) is 7.11. The normalized spacial score (nSPS) is 10.4. The maximum Gasteiger partial charge on any atom is 0.274 e. The van der Waals surface area contributed by atoms with E-state index >= 15 is 0 Å². The molecule has 0 saturated carbocycles. The number of benzene rings is 2. The summed E-state index contributed by atoms with van der Waals surface area (Å²) in [4.78, 5) is 35.8. The van der Waals surface area contributed by atoms with Crippen LogP contribution in [0.5, 0.6) is 0 Å². The molecule has 6 heteroatoms. The molecule has 0 bridgehead atoms. The molecule has 0 radical (unpaired) electrons. The number of amides is 1. The van der Waals surface area contributed by atoms with Crippen molar-refractivity contribution >= 4 is 23.2 Å². The highest BCUT2D eigenvalue weighted by Gasteiger charge is 2.16. The van der Waals surface area contributed by atoms with Crippen molar-refractivity contribution in [3.8, 4) is 11.4 Å². The Balaban J connectivity index is 1.98. The van der Waals surface area contributed by atoms with Crippen molar-refractivity contribution in [3.63, 3.8) is 0 Å². The van der Waals surface area contributed by atoms with Crippen LogP contribution in [0.4, 0.5) is 11.5 Å². The van der Waals surface area contributed by atoms with Gasteiger partial charge in [0.05, 0.1) is 0 Å². The first-order valence-corrected chi connectivity index (χ1v) is 9.63. The largest absolute Gasteiger partial charge is 0.357 e. The molecule has 0 aliphatic rings. The van der Waals surface area contributed by atoms with E-state index in [9.17, 15) is 9.59 Å². The third kappa shape index (κ3) is 4.85. The fourth-order valence-corrected chi connectivity index (χ4v) is 2.99. The second kappa shape index (κ2) is 9.10. The lowest BCUT2D eigenvalue weighted by Gasteiger charge is -2.21. The van der Waals surface area contributed by atoms with Gasteiger partial charge in [-0.05, 0) is 32.9 Å². The zero-order valence-corrected chi connectivity index (χ0v) is 16.8. The lowest BCUT2D eigenvalue weighted by Crippen LogP contribution is -2.24. The Bertz CT molecular complexity index is 1010. The average molecular weight is 388 g/mol. The van der Waals surface area contributed by atoms with Crippen molar-refractivity contribution in [2.75, 3.05) is 23.3 Å². The number of ketones is 1. The molecule has 0 aliphatic heterocycles. The second-order valence-corrected chi connectivity index (χ2v) is 6.56. The zero-order valence-electron chi connectivity index (χ0n) is 16.8. The predicted octanol–water partition coefficient (Wildman–Crippen LogP) is 4.44. The third-order valence-electron chi connectivity index (χ3n) is 4.59. The summed E-state index contributed by atoms with van der Waals surface area (Å²) in [6.07, 6.45) is 0. The van der Waals surface area contributed by atoms with Gasteiger partial charge in [-0.25, -0.2) is 9.97 Å². The molecule has 0 spiro atoms. The molecular formula is C23H24N4O2. The molecule has 1 heterocycles. The van der Waals surface area contributed by atoms with Crippen molar-refractivity contribution in [2.45, 2.75) is 20.8 Å². The second-order valence-electron chi connectivity index (χ2n) is 6.56. The number of carbonyl (C=O) groups excluding carboxylic acids is 2. The van der Waals surface area contributed by atoms with Crippen LogP contribution in [0.25, 0.3) is 11.4 Å². The monoisotopic (exact) mass is 388 g/mol. The Kier molecular flexibility index (Phi) is 6.34. The first kappa shape index (κ1) is 20.2. The molecule has 1 N–H and O–H groups in total. The van der Waals surface area contributed by atoms with Gasteiger partial charge in [-0.1, -0.05) is 42.5 Å². The average Bonchev–Trinajstić information content (AvgIpc) is 2.75. The minimum Gasteiger partial charge on any atom is -0.357 e. The van der Waals surface area contributed by atoms with E-state index in [1.807, 2.05) is 44.2 Å². The molecule has 3 rings (SSSR count). The van der Waals surface area contributed by atoms with Crippen LogP contribution < -0.4 is 10.2 Å². The number of hydrogen-bond donors (Lipinski definition) is 1. The highest BCUT2D eigenvalue weighted by Crippen LogP contribution is 2.21. The Morgan fingerprint density at radius 1 is 0.931 bits per heavy atom. The Labute approximate surface area is 170 Å². The van der Waals surface area contributed by atoms with Crippen LogP contribution >= 0.6 is 0 Å². The number of nitrogens with one attached hydrogen (secondary N) is 1. The molecule has 0 atom stereocenters. The first-order valence-electron chi connectivity index (χ1n) is 9.63. The van der Waals surface area contributed by atoms with Crippen molar-refractivity contribution in [1.29, 1.82) is 0 Å². The zero-order chi connectivity index (χ0) is 20.8. The van der Waals surface area contributed by atoms with E-state index in [0.717, 1.165) is 18.7 Å². The highest BCUT2D eigenvalue weighted by molar-refractivity contribution is 6.04. The lowest BCUT2D eigenvalue weighted by atomic mass is 10.1. The Morgan fingerprint density at radius 2 is 1.66 bits per heavy atom. The van der Waals surface area contributed by atoms with Crippen LogP contribution in [0.3, 0.4) is 0 Å². The van der Waals surface area contributed by atoms with Gasteiger partial charge in [0.25, 0.3) is 5.91 Å². The molecule has 0 unspecified atom stereocenters. The predicted molar refractivity (Wildman–Crippen MR) is 115 cm³/mol. The summed E-state index contributed by atoms with van der Waals surface area (Å²) in [6, 6.07) is 18.1. The van der Waals surface area contributed by atoms with Crippen molar-refractivity contribution < 1.29 is 9.59 Å². The maximum absolute atomic E-state index is 12.9. The van der Waals surface area contributed by atoms with Crippen molar-refractivity contribution in [3.05, 3.63) is 71.9 Å². The van der Waals surface area contributed by atoms with Crippen LogP contribution in [0.1, 0.15) is 41.6 Å². The van der Waals surface area contributed by atoms with Crippen LogP contribution in [0.2, 0.25) is 0 Å². The van der Waals surface area contributed by atoms with Gasteiger partial charge in [0, 0.05) is 36.0 Å². The van der Waals surface area contributed by atoms with Gasteiger partial charge in [0.15, 0.2) is 11.6 Å². The smallest absolute Gasteiger partial charge is 0.274 e. The number of anilines is 2. The molecule has 1 amide bonds. The van der Waals surface area contributed by atoms with E-state index < -0.39 is 0 Å². The SMILES string of the molecule is CCN(CC)c1cc(C(=O)Nc2cccc(C(C)=O)c2)nc(-c2ccccc2)n1. The molecule has 3 aromatic rings. The topological polar surface area (TPSA) is 75.2 Å². The van der Waals surface area contributed by atoms with E-state index in [2.05, 4.69) is 20.2 Å². The molecule has 6 nitrogen and oxygen atoms in total. The molecule has 1 aromatic heterocycles. The summed E-state index contributed by atoms with van der Waals surface area (Å²) in [7, 11) is 0. The van der Waals surface area contributed by atoms with Gasteiger partial charge in [-0.2, -0.15) is 0 Å². The van der Waals surface area contributed by atoms with E-state index in [1.165, 1.54) is 6.92 Å². The highest BCUT2D eigenvalue weighted by atomic mass is 16.2. The van der Waals surface area contributed by atoms with Gasteiger partial charge in [0.1, 0.15) is 11.5 Å². The Morgan fingerprint density at radius 3 is 2.31 bits per heavy atom. The van der Waals surface area contributed by atoms with Gasteiger partial charge in [-0.15, -0.1) is 0 Å². The lowest BCUT2D eigenvalue weighted by molar-refractivity contribution is 0.100.